The van der Waals surface area contributed by atoms with Crippen molar-refractivity contribution in [1.29, 1.82) is 0 Å². The van der Waals surface area contributed by atoms with Gasteiger partial charge in [0.1, 0.15) is 0 Å². The summed E-state index contributed by atoms with van der Waals surface area (Å²) >= 11 is 0. The molecule has 2 N–H and O–H groups in total. The third-order valence-electron chi connectivity index (χ3n) is 4.84. The van der Waals surface area contributed by atoms with E-state index in [0.29, 0.717) is 6.04 Å². The SMILES string of the molecule is CC(=O)NC(C(C)(C)C)C(C)(C)CCNC(C(C)(C)C)C(C)(C)C. The first-order valence-corrected chi connectivity index (χ1v) is 9.39. The summed E-state index contributed by atoms with van der Waals surface area (Å²) < 4.78 is 0. The van der Waals surface area contributed by atoms with Crippen LogP contribution >= 0.6 is 0 Å². The van der Waals surface area contributed by atoms with Crippen molar-refractivity contribution in [1.82, 2.24) is 10.6 Å². The smallest absolute Gasteiger partial charge is 0.217 e. The molecule has 0 radical (unpaired) electrons. The molecular weight excluding hydrogens is 296 g/mol. The van der Waals surface area contributed by atoms with Crippen LogP contribution in [0, 0.1) is 21.7 Å². The van der Waals surface area contributed by atoms with E-state index >= 15 is 0 Å². The molecule has 0 heterocycles. The zero-order valence-electron chi connectivity index (χ0n) is 18.5. The van der Waals surface area contributed by atoms with Crippen LogP contribution < -0.4 is 10.6 Å². The maximum Gasteiger partial charge on any atom is 0.217 e. The van der Waals surface area contributed by atoms with E-state index in [2.05, 4.69) is 86.8 Å². The van der Waals surface area contributed by atoms with Gasteiger partial charge in [-0.05, 0) is 34.6 Å². The number of carbonyl (C=O) groups is 1. The van der Waals surface area contributed by atoms with Gasteiger partial charge in [-0.3, -0.25) is 4.79 Å². The summed E-state index contributed by atoms with van der Waals surface area (Å²) in [5, 5.41) is 6.99. The molecule has 0 aliphatic heterocycles. The average molecular weight is 341 g/mol. The largest absolute Gasteiger partial charge is 0.353 e. The third-order valence-corrected chi connectivity index (χ3v) is 4.84. The van der Waals surface area contributed by atoms with Crippen LogP contribution in [0.25, 0.3) is 0 Å². The van der Waals surface area contributed by atoms with E-state index in [1.165, 1.54) is 0 Å². The van der Waals surface area contributed by atoms with Crippen LogP contribution in [-0.4, -0.2) is 24.5 Å². The fourth-order valence-electron chi connectivity index (χ4n) is 4.38. The van der Waals surface area contributed by atoms with Gasteiger partial charge < -0.3 is 10.6 Å². The van der Waals surface area contributed by atoms with Gasteiger partial charge in [-0.1, -0.05) is 76.2 Å². The van der Waals surface area contributed by atoms with Gasteiger partial charge >= 0.3 is 0 Å². The molecule has 0 aromatic carbocycles. The Kier molecular flexibility index (Phi) is 7.58. The molecular formula is C21H44N2O. The van der Waals surface area contributed by atoms with Gasteiger partial charge in [-0.25, -0.2) is 0 Å². The molecule has 0 saturated carbocycles. The molecule has 0 bridgehead atoms. The lowest BCUT2D eigenvalue weighted by Gasteiger charge is -2.45. The van der Waals surface area contributed by atoms with E-state index in [1.807, 2.05) is 0 Å². The van der Waals surface area contributed by atoms with Crippen LogP contribution in [0.1, 0.15) is 89.5 Å². The predicted octanol–water partition coefficient (Wildman–Crippen LogP) is 5.00. The maximum absolute atomic E-state index is 11.7. The normalized spacial score (nSPS) is 15.5. The number of hydrogen-bond acceptors (Lipinski definition) is 2. The van der Waals surface area contributed by atoms with Crippen LogP contribution in [0.2, 0.25) is 0 Å². The van der Waals surface area contributed by atoms with Crippen molar-refractivity contribution in [2.24, 2.45) is 21.7 Å². The molecule has 24 heavy (non-hydrogen) atoms. The Bertz CT molecular complexity index is 391. The molecule has 0 aromatic heterocycles. The van der Waals surface area contributed by atoms with Gasteiger partial charge in [-0.15, -0.1) is 0 Å². The van der Waals surface area contributed by atoms with Gasteiger partial charge in [0.2, 0.25) is 5.91 Å². The Morgan fingerprint density at radius 3 is 1.42 bits per heavy atom. The highest BCUT2D eigenvalue weighted by molar-refractivity contribution is 5.73. The van der Waals surface area contributed by atoms with Crippen LogP contribution in [0.5, 0.6) is 0 Å². The maximum atomic E-state index is 11.7. The highest BCUT2D eigenvalue weighted by atomic mass is 16.1. The van der Waals surface area contributed by atoms with Crippen molar-refractivity contribution in [3.63, 3.8) is 0 Å². The van der Waals surface area contributed by atoms with Gasteiger partial charge in [0.05, 0.1) is 0 Å². The first kappa shape index (κ1) is 23.4. The number of nitrogens with one attached hydrogen (secondary N) is 2. The molecule has 3 nitrogen and oxygen atoms in total. The first-order chi connectivity index (χ1) is 10.4. The van der Waals surface area contributed by atoms with Crippen molar-refractivity contribution in [2.45, 2.75) is 102 Å². The summed E-state index contributed by atoms with van der Waals surface area (Å²) in [5.74, 6) is 0.0539. The quantitative estimate of drug-likeness (QED) is 0.714. The van der Waals surface area contributed by atoms with Gasteiger partial charge in [0, 0.05) is 19.0 Å². The lowest BCUT2D eigenvalue weighted by Crippen LogP contribution is -2.54. The summed E-state index contributed by atoms with van der Waals surface area (Å²) in [6.07, 6.45) is 1.03. The molecule has 144 valence electrons. The molecule has 0 fully saturated rings. The van der Waals surface area contributed by atoms with Crippen molar-refractivity contribution in [2.75, 3.05) is 6.54 Å². The number of rotatable bonds is 6. The summed E-state index contributed by atoms with van der Waals surface area (Å²) in [4.78, 5) is 11.7. The predicted molar refractivity (Wildman–Crippen MR) is 106 cm³/mol. The summed E-state index contributed by atoms with van der Waals surface area (Å²) in [5.41, 5.74) is 0.479. The van der Waals surface area contributed by atoms with Crippen LogP contribution in [0.4, 0.5) is 0 Å². The van der Waals surface area contributed by atoms with Gasteiger partial charge in [0.15, 0.2) is 0 Å². The van der Waals surface area contributed by atoms with Crippen molar-refractivity contribution < 1.29 is 4.79 Å². The van der Waals surface area contributed by atoms with E-state index in [0.717, 1.165) is 13.0 Å². The van der Waals surface area contributed by atoms with E-state index < -0.39 is 0 Å². The lowest BCUT2D eigenvalue weighted by molar-refractivity contribution is -0.121. The topological polar surface area (TPSA) is 41.1 Å². The minimum absolute atomic E-state index is 0.0250. The summed E-state index contributed by atoms with van der Waals surface area (Å²) in [6, 6.07) is 0.585. The molecule has 1 unspecified atom stereocenters. The Morgan fingerprint density at radius 1 is 0.750 bits per heavy atom. The average Bonchev–Trinajstić information content (AvgIpc) is 2.26. The Balaban J connectivity index is 5.06. The molecule has 0 saturated heterocycles. The molecule has 1 atom stereocenters. The Morgan fingerprint density at radius 2 is 1.12 bits per heavy atom. The fourth-order valence-corrected chi connectivity index (χ4v) is 4.38. The number of amides is 1. The molecule has 0 aliphatic carbocycles. The number of carbonyl (C=O) groups excluding carboxylic acids is 1. The first-order valence-electron chi connectivity index (χ1n) is 9.39. The highest BCUT2D eigenvalue weighted by Crippen LogP contribution is 2.37. The second kappa shape index (κ2) is 7.76. The fraction of sp³-hybridized carbons (Fsp3) is 0.952. The minimum atomic E-state index is 0.0250. The molecule has 3 heteroatoms. The summed E-state index contributed by atoms with van der Waals surface area (Å²) in [6.45, 7) is 27.5. The third kappa shape index (κ3) is 7.55. The number of hydrogen-bond donors (Lipinski definition) is 2. The zero-order chi connectivity index (χ0) is 19.6. The highest BCUT2D eigenvalue weighted by Gasteiger charge is 2.39. The zero-order valence-corrected chi connectivity index (χ0v) is 18.5. The standard InChI is InChI=1S/C21H44N2O/c1-15(24)23-17(20(8,9)10)21(11,12)13-14-22-16(18(2,3)4)19(5,6)7/h16-17,22H,13-14H2,1-12H3,(H,23,24). The minimum Gasteiger partial charge on any atom is -0.353 e. The molecule has 0 spiro atoms. The second-order valence-corrected chi connectivity index (χ2v) is 11.4. The van der Waals surface area contributed by atoms with Gasteiger partial charge in [0.25, 0.3) is 0 Å². The van der Waals surface area contributed by atoms with E-state index in [4.69, 9.17) is 0 Å². The van der Waals surface area contributed by atoms with E-state index in [-0.39, 0.29) is 33.6 Å². The van der Waals surface area contributed by atoms with Crippen LogP contribution in [-0.2, 0) is 4.79 Å². The van der Waals surface area contributed by atoms with Crippen LogP contribution in [0.15, 0.2) is 0 Å². The van der Waals surface area contributed by atoms with E-state index in [1.54, 1.807) is 6.92 Å². The van der Waals surface area contributed by atoms with Crippen molar-refractivity contribution in [3.8, 4) is 0 Å². The van der Waals surface area contributed by atoms with Crippen LogP contribution in [0.3, 0.4) is 0 Å². The molecule has 0 rings (SSSR count). The lowest BCUT2D eigenvalue weighted by atomic mass is 9.68. The van der Waals surface area contributed by atoms with E-state index in [9.17, 15) is 4.79 Å². The van der Waals surface area contributed by atoms with Gasteiger partial charge in [-0.2, -0.15) is 0 Å². The molecule has 0 aliphatic rings. The summed E-state index contributed by atoms with van der Waals surface area (Å²) in [7, 11) is 0. The monoisotopic (exact) mass is 340 g/mol. The van der Waals surface area contributed by atoms with Crippen molar-refractivity contribution >= 4 is 5.91 Å². The Labute approximate surface area is 151 Å². The second-order valence-electron chi connectivity index (χ2n) is 11.4. The Hall–Kier alpha value is -0.570. The molecule has 0 aromatic rings. The molecule has 1 amide bonds. The van der Waals surface area contributed by atoms with Crippen molar-refractivity contribution in [3.05, 3.63) is 0 Å².